The lowest BCUT2D eigenvalue weighted by Gasteiger charge is -2.40. The Morgan fingerprint density at radius 3 is 1.62 bits per heavy atom. The monoisotopic (exact) mass is 738 g/mol. The molecule has 0 aromatic heterocycles. The number of aliphatic hydroxyl groups is 6. The molecule has 0 aromatic carbocycles. The summed E-state index contributed by atoms with van der Waals surface area (Å²) in [7, 11) is -0.588. The van der Waals surface area contributed by atoms with Crippen LogP contribution in [0.3, 0.4) is 0 Å². The van der Waals surface area contributed by atoms with E-state index in [1.165, 1.54) is 121 Å². The van der Waals surface area contributed by atoms with Gasteiger partial charge in [-0.05, 0) is 49.7 Å². The molecule has 300 valence electrons. The molecule has 1 rings (SSSR count). The van der Waals surface area contributed by atoms with Crippen LogP contribution in [0.5, 0.6) is 0 Å². The molecule has 0 radical (unpaired) electrons. The van der Waals surface area contributed by atoms with Crippen molar-refractivity contribution in [2.45, 2.75) is 204 Å². The topological polar surface area (TPSA) is 169 Å². The van der Waals surface area contributed by atoms with E-state index in [4.69, 9.17) is 9.47 Å². The van der Waals surface area contributed by atoms with E-state index in [-0.39, 0.29) is 25.4 Å². The SMILES string of the molecule is CCCCCCCCCCCCCCCCCCS(C)(C)CCCCCCC(=O)N[C@@H](COC1OC(CO)C(O)C(O)C1O)[C@H](O)[C@H](O)CC. The summed E-state index contributed by atoms with van der Waals surface area (Å²) in [5, 5.41) is 63.3. The first-order valence-corrected chi connectivity index (χ1v) is 23.0. The van der Waals surface area contributed by atoms with Gasteiger partial charge in [0.15, 0.2) is 6.29 Å². The fraction of sp³-hybridized carbons (Fsp3) is 0.974. The summed E-state index contributed by atoms with van der Waals surface area (Å²) in [6, 6.07) is -0.987. The summed E-state index contributed by atoms with van der Waals surface area (Å²) < 4.78 is 10.9. The Labute approximate surface area is 306 Å². The van der Waals surface area contributed by atoms with Gasteiger partial charge in [0.1, 0.15) is 30.5 Å². The highest BCUT2D eigenvalue weighted by molar-refractivity contribution is 8.32. The quantitative estimate of drug-likeness (QED) is 0.0429. The lowest BCUT2D eigenvalue weighted by atomic mass is 9.99. The summed E-state index contributed by atoms with van der Waals surface area (Å²) in [5.74, 6) is 2.33. The zero-order valence-electron chi connectivity index (χ0n) is 32.3. The summed E-state index contributed by atoms with van der Waals surface area (Å²) >= 11 is 0. The molecule has 1 aliphatic rings. The van der Waals surface area contributed by atoms with Gasteiger partial charge in [0.2, 0.25) is 5.91 Å². The number of unbranched alkanes of at least 4 members (excludes halogenated alkanes) is 18. The highest BCUT2D eigenvalue weighted by atomic mass is 32.3. The van der Waals surface area contributed by atoms with Crippen LogP contribution in [0.25, 0.3) is 0 Å². The first-order chi connectivity index (χ1) is 24.0. The number of rotatable bonds is 32. The van der Waals surface area contributed by atoms with Gasteiger partial charge in [0, 0.05) is 6.42 Å². The third-order valence-corrected chi connectivity index (χ3v) is 13.0. The van der Waals surface area contributed by atoms with Crippen molar-refractivity contribution in [3.8, 4) is 0 Å². The third-order valence-electron chi connectivity index (χ3n) is 10.3. The molecule has 7 N–H and O–H groups in total. The highest BCUT2D eigenvalue weighted by Crippen LogP contribution is 2.42. The minimum Gasteiger partial charge on any atom is -0.394 e. The molecule has 0 aromatic rings. The molecular weight excluding hydrogens is 658 g/mol. The van der Waals surface area contributed by atoms with Gasteiger partial charge in [0.25, 0.3) is 0 Å². The number of aliphatic hydroxyl groups excluding tert-OH is 6. The zero-order valence-corrected chi connectivity index (χ0v) is 33.1. The fourth-order valence-electron chi connectivity index (χ4n) is 6.69. The van der Waals surface area contributed by atoms with Crippen LogP contribution in [0.15, 0.2) is 0 Å². The van der Waals surface area contributed by atoms with Crippen molar-refractivity contribution < 1.29 is 44.9 Å². The molecule has 1 saturated heterocycles. The Kier molecular flexibility index (Phi) is 27.5. The second kappa shape index (κ2) is 28.9. The number of hydrogen-bond donors (Lipinski definition) is 7. The number of carbonyl (C=O) groups is 1. The average molecular weight is 738 g/mol. The van der Waals surface area contributed by atoms with Gasteiger partial charge in [0.05, 0.1) is 25.4 Å². The van der Waals surface area contributed by atoms with E-state index in [2.05, 4.69) is 24.8 Å². The van der Waals surface area contributed by atoms with Gasteiger partial charge >= 0.3 is 0 Å². The first-order valence-electron chi connectivity index (χ1n) is 20.2. The first kappa shape index (κ1) is 47.5. The minimum absolute atomic E-state index is 0.255. The molecule has 0 bridgehead atoms. The molecule has 11 heteroatoms. The molecule has 0 saturated carbocycles. The average Bonchev–Trinajstić information content (AvgIpc) is 3.10. The second-order valence-corrected chi connectivity index (χ2v) is 19.7. The van der Waals surface area contributed by atoms with E-state index < -0.39 is 65.6 Å². The number of ether oxygens (including phenoxy) is 2. The number of carbonyl (C=O) groups excluding carboxylic acids is 1. The molecule has 1 heterocycles. The largest absolute Gasteiger partial charge is 0.394 e. The lowest BCUT2D eigenvalue weighted by molar-refractivity contribution is -0.303. The van der Waals surface area contributed by atoms with E-state index in [9.17, 15) is 35.4 Å². The van der Waals surface area contributed by atoms with Gasteiger partial charge in [-0.15, -0.1) is 0 Å². The lowest BCUT2D eigenvalue weighted by Crippen LogP contribution is -2.60. The van der Waals surface area contributed by atoms with Crippen molar-refractivity contribution in [3.63, 3.8) is 0 Å². The van der Waals surface area contributed by atoms with E-state index >= 15 is 0 Å². The molecule has 50 heavy (non-hydrogen) atoms. The van der Waals surface area contributed by atoms with Crippen LogP contribution in [0.1, 0.15) is 155 Å². The maximum atomic E-state index is 12.8. The second-order valence-electron chi connectivity index (χ2n) is 15.3. The number of hydrogen-bond acceptors (Lipinski definition) is 9. The minimum atomic E-state index is -1.60. The molecule has 8 atom stereocenters. The Bertz CT molecular complexity index is 820. The third kappa shape index (κ3) is 21.3. The van der Waals surface area contributed by atoms with Crippen LogP contribution >= 0.6 is 10.0 Å². The van der Waals surface area contributed by atoms with Crippen LogP contribution in [0, 0.1) is 0 Å². The van der Waals surface area contributed by atoms with E-state index in [0.29, 0.717) is 6.42 Å². The summed E-state index contributed by atoms with van der Waals surface area (Å²) in [5.41, 5.74) is 0. The maximum absolute atomic E-state index is 12.8. The Balaban J connectivity index is 2.18. The van der Waals surface area contributed by atoms with Gasteiger partial charge in [-0.1, -0.05) is 123 Å². The molecule has 0 aliphatic carbocycles. The molecule has 0 spiro atoms. The fourth-order valence-corrected chi connectivity index (χ4v) is 8.87. The van der Waals surface area contributed by atoms with Gasteiger partial charge in [-0.3, -0.25) is 4.79 Å². The van der Waals surface area contributed by atoms with Crippen molar-refractivity contribution in [2.24, 2.45) is 0 Å². The van der Waals surface area contributed by atoms with Gasteiger partial charge in [-0.2, -0.15) is 0 Å². The molecule has 5 unspecified atom stereocenters. The summed E-state index contributed by atoms with van der Waals surface area (Å²) in [6.45, 7) is 3.07. The standard InChI is InChI=1S/C39H79NO9S/c1-5-7-8-9-10-11-12-13-14-15-16-17-18-19-21-24-27-50(3,4)28-25-22-20-23-26-34(43)40-31(35(44)32(42)6-2)30-48-39-38(47)37(46)36(45)33(29-41)49-39/h31-33,35-39,41-42,44-47H,5-30H2,1-4H3,(H,40,43)/t31-,32+,33?,35-,36?,37?,38?,39?/m0/s1. The van der Waals surface area contributed by atoms with Crippen LogP contribution in [-0.4, -0.2) is 123 Å². The van der Waals surface area contributed by atoms with Crippen LogP contribution < -0.4 is 5.32 Å². The van der Waals surface area contributed by atoms with Crippen LogP contribution in [-0.2, 0) is 14.3 Å². The highest BCUT2D eigenvalue weighted by Gasteiger charge is 2.44. The van der Waals surface area contributed by atoms with E-state index in [0.717, 1.165) is 12.8 Å². The molecule has 1 aliphatic heterocycles. The smallest absolute Gasteiger partial charge is 0.220 e. The molecule has 10 nitrogen and oxygen atoms in total. The molecule has 1 fully saturated rings. The Hall–Kier alpha value is -0.500. The van der Waals surface area contributed by atoms with E-state index in [1.54, 1.807) is 6.92 Å². The Morgan fingerprint density at radius 2 is 1.16 bits per heavy atom. The van der Waals surface area contributed by atoms with Gasteiger partial charge in [-0.25, -0.2) is 10.0 Å². The van der Waals surface area contributed by atoms with Crippen molar-refractivity contribution >= 4 is 15.9 Å². The predicted molar refractivity (Wildman–Crippen MR) is 206 cm³/mol. The van der Waals surface area contributed by atoms with Crippen molar-refractivity contribution in [3.05, 3.63) is 0 Å². The zero-order chi connectivity index (χ0) is 37.2. The van der Waals surface area contributed by atoms with Crippen LogP contribution in [0.4, 0.5) is 0 Å². The number of amides is 1. The summed E-state index contributed by atoms with van der Waals surface area (Å²) in [6.07, 6.45) is 22.0. The summed E-state index contributed by atoms with van der Waals surface area (Å²) in [4.78, 5) is 12.8. The van der Waals surface area contributed by atoms with Crippen molar-refractivity contribution in [2.75, 3.05) is 37.2 Å². The molecular formula is C39H79NO9S. The van der Waals surface area contributed by atoms with Crippen LogP contribution in [0.2, 0.25) is 0 Å². The Morgan fingerprint density at radius 1 is 0.700 bits per heavy atom. The van der Waals surface area contributed by atoms with E-state index in [1.807, 2.05) is 0 Å². The number of nitrogens with one attached hydrogen (secondary N) is 1. The normalized spacial score (nSPS) is 23.4. The predicted octanol–water partition coefficient (Wildman–Crippen LogP) is 5.70. The maximum Gasteiger partial charge on any atom is 0.220 e. The molecule has 1 amide bonds. The van der Waals surface area contributed by atoms with Gasteiger partial charge < -0.3 is 45.4 Å². The van der Waals surface area contributed by atoms with Crippen molar-refractivity contribution in [1.82, 2.24) is 5.32 Å². The van der Waals surface area contributed by atoms with Crippen molar-refractivity contribution in [1.29, 1.82) is 0 Å².